The first-order chi connectivity index (χ1) is 14.8. The molecule has 1 unspecified atom stereocenters. The maximum Gasteiger partial charge on any atom is 0.262 e. The number of ether oxygens (including phenoxy) is 1. The van der Waals surface area contributed by atoms with Crippen LogP contribution in [0.1, 0.15) is 25.8 Å². The van der Waals surface area contributed by atoms with Gasteiger partial charge in [0.05, 0.1) is 5.92 Å². The van der Waals surface area contributed by atoms with Crippen molar-refractivity contribution in [3.05, 3.63) is 54.1 Å². The molecule has 1 aliphatic rings. The molecule has 2 N–H and O–H groups in total. The van der Waals surface area contributed by atoms with Crippen LogP contribution in [0, 0.1) is 18.8 Å². The third-order valence-corrected chi connectivity index (χ3v) is 5.03. The first kappa shape index (κ1) is 22.3. The summed E-state index contributed by atoms with van der Waals surface area (Å²) >= 11 is 0. The quantitative estimate of drug-likeness (QED) is 0.683. The van der Waals surface area contributed by atoms with Gasteiger partial charge in [-0.2, -0.15) is 0 Å². The predicted octanol–water partition coefficient (Wildman–Crippen LogP) is 3.14. The topological polar surface area (TPSA) is 87.7 Å². The summed E-state index contributed by atoms with van der Waals surface area (Å²) in [4.78, 5) is 38.3. The van der Waals surface area contributed by atoms with E-state index in [9.17, 15) is 14.4 Å². The molecule has 0 saturated carbocycles. The molecule has 0 bridgehead atoms. The van der Waals surface area contributed by atoms with Crippen LogP contribution >= 0.6 is 0 Å². The van der Waals surface area contributed by atoms with Gasteiger partial charge in [0.2, 0.25) is 11.8 Å². The highest BCUT2D eigenvalue weighted by Crippen LogP contribution is 2.27. The Balaban J connectivity index is 1.50. The van der Waals surface area contributed by atoms with Gasteiger partial charge >= 0.3 is 0 Å². The molecule has 1 heterocycles. The summed E-state index contributed by atoms with van der Waals surface area (Å²) in [6.45, 7) is 6.89. The fourth-order valence-corrected chi connectivity index (χ4v) is 3.29. The molecule has 0 aliphatic carbocycles. The van der Waals surface area contributed by atoms with Gasteiger partial charge in [-0.15, -0.1) is 0 Å². The highest BCUT2D eigenvalue weighted by molar-refractivity contribution is 6.00. The van der Waals surface area contributed by atoms with E-state index in [0.717, 1.165) is 5.56 Å². The minimum atomic E-state index is -0.340. The number of rotatable bonds is 8. The maximum atomic E-state index is 12.4. The van der Waals surface area contributed by atoms with Crippen LogP contribution in [-0.2, 0) is 14.4 Å². The minimum absolute atomic E-state index is 0.0733. The Kier molecular flexibility index (Phi) is 7.28. The third kappa shape index (κ3) is 6.31. The Morgan fingerprint density at radius 3 is 2.42 bits per heavy atom. The molecule has 1 saturated heterocycles. The summed E-state index contributed by atoms with van der Waals surface area (Å²) < 4.78 is 5.54. The molecule has 2 aromatic carbocycles. The standard InChI is InChI=1S/C24H29N3O4/c1-16(2)13-25-24(30)18-12-23(29)27(14-18)20-8-10-21(11-9-20)31-15-22(28)26-19-6-4-17(3)5-7-19/h4-11,16,18H,12-15H2,1-3H3,(H,25,30)(H,26,28). The van der Waals surface area contributed by atoms with E-state index in [0.29, 0.717) is 36.1 Å². The predicted molar refractivity (Wildman–Crippen MR) is 120 cm³/mol. The minimum Gasteiger partial charge on any atom is -0.484 e. The number of anilines is 2. The molecule has 3 rings (SSSR count). The van der Waals surface area contributed by atoms with Crippen molar-refractivity contribution in [2.75, 3.05) is 29.9 Å². The number of carbonyl (C=O) groups excluding carboxylic acids is 3. The first-order valence-corrected chi connectivity index (χ1v) is 10.5. The molecule has 1 atom stereocenters. The molecule has 2 aromatic rings. The van der Waals surface area contributed by atoms with Crippen molar-refractivity contribution < 1.29 is 19.1 Å². The van der Waals surface area contributed by atoms with Crippen LogP contribution in [0.25, 0.3) is 0 Å². The second-order valence-electron chi connectivity index (χ2n) is 8.24. The number of amides is 3. The molecular weight excluding hydrogens is 394 g/mol. The number of nitrogens with zero attached hydrogens (tertiary/aromatic N) is 1. The van der Waals surface area contributed by atoms with E-state index in [4.69, 9.17) is 4.74 Å². The fourth-order valence-electron chi connectivity index (χ4n) is 3.29. The van der Waals surface area contributed by atoms with Gasteiger partial charge in [-0.25, -0.2) is 0 Å². The summed E-state index contributed by atoms with van der Waals surface area (Å²) in [5.41, 5.74) is 2.54. The molecule has 7 heteroatoms. The van der Waals surface area contributed by atoms with E-state index < -0.39 is 0 Å². The maximum absolute atomic E-state index is 12.4. The van der Waals surface area contributed by atoms with Gasteiger partial charge in [-0.1, -0.05) is 31.5 Å². The average molecular weight is 424 g/mol. The van der Waals surface area contributed by atoms with Gasteiger partial charge in [-0.3, -0.25) is 14.4 Å². The van der Waals surface area contributed by atoms with Crippen molar-refractivity contribution >= 4 is 29.1 Å². The van der Waals surface area contributed by atoms with E-state index in [1.807, 2.05) is 45.0 Å². The molecule has 0 radical (unpaired) electrons. The van der Waals surface area contributed by atoms with Crippen molar-refractivity contribution in [3.8, 4) is 5.75 Å². The number of hydrogen-bond acceptors (Lipinski definition) is 4. The van der Waals surface area contributed by atoms with Crippen LogP contribution in [0.5, 0.6) is 5.75 Å². The third-order valence-electron chi connectivity index (χ3n) is 5.03. The van der Waals surface area contributed by atoms with Crippen molar-refractivity contribution in [2.24, 2.45) is 11.8 Å². The van der Waals surface area contributed by atoms with E-state index in [-0.39, 0.29) is 36.7 Å². The van der Waals surface area contributed by atoms with Gasteiger partial charge in [-0.05, 0) is 49.2 Å². The zero-order chi connectivity index (χ0) is 22.4. The van der Waals surface area contributed by atoms with Crippen molar-refractivity contribution in [3.63, 3.8) is 0 Å². The van der Waals surface area contributed by atoms with Gasteiger partial charge in [0.15, 0.2) is 6.61 Å². The molecule has 31 heavy (non-hydrogen) atoms. The van der Waals surface area contributed by atoms with Crippen LogP contribution < -0.4 is 20.3 Å². The molecule has 7 nitrogen and oxygen atoms in total. The Bertz CT molecular complexity index is 923. The lowest BCUT2D eigenvalue weighted by molar-refractivity contribution is -0.126. The van der Waals surface area contributed by atoms with Crippen molar-refractivity contribution in [1.29, 1.82) is 0 Å². The lowest BCUT2D eigenvalue weighted by Gasteiger charge is -2.17. The monoisotopic (exact) mass is 423 g/mol. The molecule has 0 aromatic heterocycles. The van der Waals surface area contributed by atoms with Crippen LogP contribution in [0.15, 0.2) is 48.5 Å². The molecule has 0 spiro atoms. The lowest BCUT2D eigenvalue weighted by atomic mass is 10.1. The summed E-state index contributed by atoms with van der Waals surface area (Å²) in [6, 6.07) is 14.5. The van der Waals surface area contributed by atoms with Crippen molar-refractivity contribution in [2.45, 2.75) is 27.2 Å². The molecule has 3 amide bonds. The van der Waals surface area contributed by atoms with Gasteiger partial charge in [0, 0.05) is 30.9 Å². The second kappa shape index (κ2) is 10.1. The highest BCUT2D eigenvalue weighted by atomic mass is 16.5. The molecule has 1 aliphatic heterocycles. The lowest BCUT2D eigenvalue weighted by Crippen LogP contribution is -2.35. The SMILES string of the molecule is Cc1ccc(NC(=O)COc2ccc(N3CC(C(=O)NCC(C)C)CC3=O)cc2)cc1. The van der Waals surface area contributed by atoms with E-state index in [2.05, 4.69) is 10.6 Å². The second-order valence-corrected chi connectivity index (χ2v) is 8.24. The number of benzene rings is 2. The zero-order valence-corrected chi connectivity index (χ0v) is 18.2. The van der Waals surface area contributed by atoms with E-state index in [1.165, 1.54) is 0 Å². The van der Waals surface area contributed by atoms with Gasteiger partial charge in [0.1, 0.15) is 5.75 Å². The Morgan fingerprint density at radius 1 is 1.10 bits per heavy atom. The summed E-state index contributed by atoms with van der Waals surface area (Å²) in [5.74, 6) is 0.148. The van der Waals surface area contributed by atoms with Crippen LogP contribution in [-0.4, -0.2) is 37.4 Å². The van der Waals surface area contributed by atoms with Gasteiger partial charge < -0.3 is 20.3 Å². The fraction of sp³-hybridized carbons (Fsp3) is 0.375. The summed E-state index contributed by atoms with van der Waals surface area (Å²) in [5, 5.41) is 5.68. The van der Waals surface area contributed by atoms with Crippen molar-refractivity contribution in [1.82, 2.24) is 5.32 Å². The molecular formula is C24H29N3O4. The largest absolute Gasteiger partial charge is 0.484 e. The number of aryl methyl sites for hydroxylation is 1. The van der Waals surface area contributed by atoms with Crippen LogP contribution in [0.4, 0.5) is 11.4 Å². The van der Waals surface area contributed by atoms with Gasteiger partial charge in [0.25, 0.3) is 5.91 Å². The zero-order valence-electron chi connectivity index (χ0n) is 18.2. The highest BCUT2D eigenvalue weighted by Gasteiger charge is 2.35. The summed E-state index contributed by atoms with van der Waals surface area (Å²) in [7, 11) is 0. The molecule has 1 fully saturated rings. The Morgan fingerprint density at radius 2 is 1.77 bits per heavy atom. The number of nitrogens with one attached hydrogen (secondary N) is 2. The Hall–Kier alpha value is -3.35. The normalized spacial score (nSPS) is 15.8. The summed E-state index contributed by atoms with van der Waals surface area (Å²) in [6.07, 6.45) is 0.210. The Labute approximate surface area is 182 Å². The smallest absolute Gasteiger partial charge is 0.262 e. The number of hydrogen-bond donors (Lipinski definition) is 2. The van der Waals surface area contributed by atoms with E-state index in [1.54, 1.807) is 29.2 Å². The average Bonchev–Trinajstić information content (AvgIpc) is 3.14. The van der Waals surface area contributed by atoms with E-state index >= 15 is 0 Å². The van der Waals surface area contributed by atoms with Crippen LogP contribution in [0.3, 0.4) is 0 Å². The first-order valence-electron chi connectivity index (χ1n) is 10.5. The van der Waals surface area contributed by atoms with Crippen LogP contribution in [0.2, 0.25) is 0 Å². The number of carbonyl (C=O) groups is 3. The molecule has 164 valence electrons.